The predicted octanol–water partition coefficient (Wildman–Crippen LogP) is 1.02. The minimum Gasteiger partial charge on any atom is -0.478 e. The molecule has 5 nitrogen and oxygen atoms in total. The van der Waals surface area contributed by atoms with Gasteiger partial charge in [-0.2, -0.15) is 8.42 Å². The van der Waals surface area contributed by atoms with Crippen molar-refractivity contribution in [2.24, 2.45) is 0 Å². The maximum atomic E-state index is 11.9. The van der Waals surface area contributed by atoms with E-state index in [1.54, 1.807) is 0 Å². The second-order valence-electron chi connectivity index (χ2n) is 2.55. The molecule has 0 unspecified atom stereocenters. The molecule has 0 aromatic heterocycles. The van der Waals surface area contributed by atoms with Crippen LogP contribution in [0.3, 0.4) is 0 Å². The SMILES string of the molecule is O=C(O)c1ccccc1OS(=O)(=O)CF. The molecule has 0 heterocycles. The summed E-state index contributed by atoms with van der Waals surface area (Å²) in [6.07, 6.45) is 0. The average Bonchev–Trinajstić information content (AvgIpc) is 2.18. The minimum absolute atomic E-state index is 0.338. The summed E-state index contributed by atoms with van der Waals surface area (Å²) >= 11 is 0. The van der Waals surface area contributed by atoms with Crippen LogP contribution in [0.5, 0.6) is 5.75 Å². The van der Waals surface area contributed by atoms with E-state index < -0.39 is 27.8 Å². The Kier molecular flexibility index (Phi) is 3.25. The summed E-state index contributed by atoms with van der Waals surface area (Å²) < 4.78 is 37.7. The fourth-order valence-electron chi connectivity index (χ4n) is 0.875. The van der Waals surface area contributed by atoms with Crippen LogP contribution in [-0.4, -0.2) is 25.5 Å². The molecule has 1 aromatic carbocycles. The molecule has 0 aliphatic heterocycles. The Labute approximate surface area is 85.2 Å². The Hall–Kier alpha value is -1.63. The summed E-state index contributed by atoms with van der Waals surface area (Å²) in [5.41, 5.74) is -0.338. The lowest BCUT2D eigenvalue weighted by molar-refractivity contribution is 0.0695. The van der Waals surface area contributed by atoms with Gasteiger partial charge in [0, 0.05) is 0 Å². The molecule has 0 bridgehead atoms. The second kappa shape index (κ2) is 4.26. The highest BCUT2D eigenvalue weighted by Crippen LogP contribution is 2.19. The van der Waals surface area contributed by atoms with Crippen molar-refractivity contribution in [1.29, 1.82) is 0 Å². The van der Waals surface area contributed by atoms with Crippen molar-refractivity contribution in [2.75, 3.05) is 6.01 Å². The van der Waals surface area contributed by atoms with E-state index in [0.29, 0.717) is 0 Å². The van der Waals surface area contributed by atoms with Crippen molar-refractivity contribution in [3.8, 4) is 5.75 Å². The van der Waals surface area contributed by atoms with Gasteiger partial charge in [0.15, 0.2) is 5.75 Å². The first kappa shape index (κ1) is 11.4. The third-order valence-corrected chi connectivity index (χ3v) is 2.17. The Morgan fingerprint density at radius 3 is 2.53 bits per heavy atom. The summed E-state index contributed by atoms with van der Waals surface area (Å²) in [7, 11) is -4.36. The fraction of sp³-hybridized carbons (Fsp3) is 0.125. The molecule has 15 heavy (non-hydrogen) atoms. The number of aromatic carboxylic acids is 1. The van der Waals surface area contributed by atoms with Gasteiger partial charge in [-0.05, 0) is 12.1 Å². The number of carboxylic acids is 1. The number of carboxylic acid groups (broad SMARTS) is 1. The third kappa shape index (κ3) is 2.91. The highest BCUT2D eigenvalue weighted by atomic mass is 32.2. The maximum Gasteiger partial charge on any atom is 0.339 e. The summed E-state index contributed by atoms with van der Waals surface area (Å²) in [6.45, 7) is 0. The van der Waals surface area contributed by atoms with Gasteiger partial charge in [0.25, 0.3) is 0 Å². The van der Waals surface area contributed by atoms with Gasteiger partial charge in [0.05, 0.1) is 0 Å². The number of carbonyl (C=O) groups is 1. The van der Waals surface area contributed by atoms with E-state index in [1.807, 2.05) is 0 Å². The zero-order valence-electron chi connectivity index (χ0n) is 7.38. The Balaban J connectivity index is 3.10. The van der Waals surface area contributed by atoms with Gasteiger partial charge in [0.1, 0.15) is 5.56 Å². The number of rotatable bonds is 4. The van der Waals surface area contributed by atoms with E-state index in [9.17, 15) is 17.6 Å². The van der Waals surface area contributed by atoms with Crippen LogP contribution >= 0.6 is 0 Å². The van der Waals surface area contributed by atoms with Gasteiger partial charge in [0.2, 0.25) is 6.01 Å². The number of hydrogen-bond acceptors (Lipinski definition) is 4. The van der Waals surface area contributed by atoms with E-state index >= 15 is 0 Å². The molecule has 1 rings (SSSR count). The lowest BCUT2D eigenvalue weighted by Crippen LogP contribution is -2.13. The third-order valence-electron chi connectivity index (χ3n) is 1.47. The lowest BCUT2D eigenvalue weighted by atomic mass is 10.2. The minimum atomic E-state index is -4.36. The fourth-order valence-corrected chi connectivity index (χ4v) is 1.34. The standard InChI is InChI=1S/C8H7FO5S/c9-5-15(12,13)14-7-4-2-1-3-6(7)8(10)11/h1-4H,5H2,(H,10,11). The van der Waals surface area contributed by atoms with Crippen LogP contribution in [0, 0.1) is 0 Å². The van der Waals surface area contributed by atoms with Crippen molar-refractivity contribution in [3.05, 3.63) is 29.8 Å². The zero-order valence-corrected chi connectivity index (χ0v) is 8.20. The van der Waals surface area contributed by atoms with E-state index in [2.05, 4.69) is 4.18 Å². The van der Waals surface area contributed by atoms with Gasteiger partial charge < -0.3 is 9.29 Å². The monoisotopic (exact) mass is 234 g/mol. The molecule has 0 spiro atoms. The molecular weight excluding hydrogens is 227 g/mol. The molecule has 1 aromatic rings. The first-order valence-corrected chi connectivity index (χ1v) is 5.34. The van der Waals surface area contributed by atoms with Crippen molar-refractivity contribution in [1.82, 2.24) is 0 Å². The lowest BCUT2D eigenvalue weighted by Gasteiger charge is -2.06. The highest BCUT2D eigenvalue weighted by Gasteiger charge is 2.17. The van der Waals surface area contributed by atoms with E-state index in [1.165, 1.54) is 12.1 Å². The number of halogens is 1. The summed E-state index contributed by atoms with van der Waals surface area (Å²) in [5, 5.41) is 8.67. The van der Waals surface area contributed by atoms with Gasteiger partial charge in [-0.15, -0.1) is 0 Å². The van der Waals surface area contributed by atoms with Crippen molar-refractivity contribution >= 4 is 16.1 Å². The van der Waals surface area contributed by atoms with Crippen LogP contribution < -0.4 is 4.18 Å². The Bertz CT molecular complexity index is 468. The number of para-hydroxylation sites is 1. The zero-order chi connectivity index (χ0) is 11.5. The van der Waals surface area contributed by atoms with Crippen LogP contribution in [0.1, 0.15) is 10.4 Å². The van der Waals surface area contributed by atoms with Gasteiger partial charge >= 0.3 is 16.1 Å². The first-order chi connectivity index (χ1) is 6.96. The second-order valence-corrected chi connectivity index (χ2v) is 4.05. The smallest absolute Gasteiger partial charge is 0.339 e. The molecule has 1 N–H and O–H groups in total. The first-order valence-electron chi connectivity index (χ1n) is 3.77. The summed E-state index contributed by atoms with van der Waals surface area (Å²) in [4.78, 5) is 10.6. The van der Waals surface area contributed by atoms with Gasteiger partial charge in [-0.1, -0.05) is 12.1 Å². The van der Waals surface area contributed by atoms with Gasteiger partial charge in [-0.25, -0.2) is 9.18 Å². The molecule has 0 saturated carbocycles. The highest BCUT2D eigenvalue weighted by molar-refractivity contribution is 7.86. The van der Waals surface area contributed by atoms with Crippen LogP contribution in [0.2, 0.25) is 0 Å². The molecule has 0 atom stereocenters. The average molecular weight is 234 g/mol. The molecule has 0 aliphatic carbocycles. The van der Waals surface area contributed by atoms with Crippen LogP contribution in [0.15, 0.2) is 24.3 Å². The molecular formula is C8H7FO5S. The maximum absolute atomic E-state index is 11.9. The topological polar surface area (TPSA) is 80.7 Å². The molecule has 0 aliphatic rings. The Morgan fingerprint density at radius 1 is 1.40 bits per heavy atom. The normalized spacial score (nSPS) is 11.0. The number of alkyl halides is 1. The molecule has 0 radical (unpaired) electrons. The van der Waals surface area contributed by atoms with Crippen molar-refractivity contribution in [3.63, 3.8) is 0 Å². The van der Waals surface area contributed by atoms with E-state index in [0.717, 1.165) is 12.1 Å². The van der Waals surface area contributed by atoms with E-state index in [4.69, 9.17) is 5.11 Å². The molecule has 0 saturated heterocycles. The van der Waals surface area contributed by atoms with Gasteiger partial charge in [-0.3, -0.25) is 0 Å². The molecule has 0 amide bonds. The Morgan fingerprint density at radius 2 is 2.00 bits per heavy atom. The van der Waals surface area contributed by atoms with E-state index in [-0.39, 0.29) is 5.56 Å². The van der Waals surface area contributed by atoms with Crippen LogP contribution in [0.4, 0.5) is 4.39 Å². The largest absolute Gasteiger partial charge is 0.478 e. The van der Waals surface area contributed by atoms with Crippen molar-refractivity contribution in [2.45, 2.75) is 0 Å². The summed E-state index contributed by atoms with van der Waals surface area (Å²) in [6, 6.07) is 3.37. The number of hydrogen-bond donors (Lipinski definition) is 1. The molecule has 82 valence electrons. The van der Waals surface area contributed by atoms with Crippen LogP contribution in [0.25, 0.3) is 0 Å². The number of benzene rings is 1. The van der Waals surface area contributed by atoms with Crippen LogP contribution in [-0.2, 0) is 10.1 Å². The summed E-state index contributed by atoms with van der Waals surface area (Å²) in [5.74, 6) is -1.75. The quantitative estimate of drug-likeness (QED) is 0.786. The van der Waals surface area contributed by atoms with Crippen molar-refractivity contribution < 1.29 is 26.9 Å². The molecule has 7 heteroatoms. The predicted molar refractivity (Wildman–Crippen MR) is 48.9 cm³/mol. The molecule has 0 fully saturated rings.